The predicted octanol–water partition coefficient (Wildman–Crippen LogP) is 2.25. The first kappa shape index (κ1) is 12.0. The normalized spacial score (nSPS) is 28.3. The van der Waals surface area contributed by atoms with Gasteiger partial charge in [0.05, 0.1) is 0 Å². The fourth-order valence-corrected chi connectivity index (χ4v) is 2.46. The van der Waals surface area contributed by atoms with Crippen LogP contribution in [-0.4, -0.2) is 35.6 Å². The van der Waals surface area contributed by atoms with Crippen molar-refractivity contribution < 1.29 is 0 Å². The molecule has 1 fully saturated rings. The molecule has 0 aromatic carbocycles. The third kappa shape index (κ3) is 2.71. The molecule has 1 aliphatic heterocycles. The number of rotatable bonds is 3. The molecular weight excluding hydrogens is 172 g/mol. The van der Waals surface area contributed by atoms with E-state index in [-0.39, 0.29) is 5.54 Å². The average molecular weight is 198 g/mol. The Morgan fingerprint density at radius 3 is 2.43 bits per heavy atom. The molecule has 1 atom stereocenters. The van der Waals surface area contributed by atoms with Gasteiger partial charge in [0.2, 0.25) is 0 Å². The number of hydrogen-bond acceptors (Lipinski definition) is 2. The second-order valence-electron chi connectivity index (χ2n) is 5.26. The lowest BCUT2D eigenvalue weighted by atomic mass is 9.96. The average Bonchev–Trinajstić information content (AvgIpc) is 2.13. The number of nitrogens with zero attached hydrogens (tertiary/aromatic N) is 1. The fraction of sp³-hybridized carbons (Fsp3) is 1.00. The topological polar surface area (TPSA) is 15.3 Å². The van der Waals surface area contributed by atoms with E-state index in [1.807, 2.05) is 0 Å². The number of hydrogen-bond donors (Lipinski definition) is 1. The Labute approximate surface area is 89.1 Å². The highest BCUT2D eigenvalue weighted by molar-refractivity contribution is 4.92. The van der Waals surface area contributed by atoms with E-state index in [4.69, 9.17) is 0 Å². The second-order valence-corrected chi connectivity index (χ2v) is 5.26. The molecule has 1 unspecified atom stereocenters. The molecule has 0 saturated carbocycles. The fourth-order valence-electron chi connectivity index (χ4n) is 2.46. The molecule has 0 aromatic heterocycles. The Morgan fingerprint density at radius 1 is 1.36 bits per heavy atom. The Bertz CT molecular complexity index is 173. The van der Waals surface area contributed by atoms with Crippen molar-refractivity contribution in [2.24, 2.45) is 0 Å². The molecule has 0 aromatic rings. The van der Waals surface area contributed by atoms with Gasteiger partial charge in [-0.1, -0.05) is 13.8 Å². The van der Waals surface area contributed by atoms with Crippen molar-refractivity contribution in [2.75, 3.05) is 13.1 Å². The lowest BCUT2D eigenvalue weighted by Gasteiger charge is -2.46. The van der Waals surface area contributed by atoms with Crippen molar-refractivity contribution in [3.63, 3.8) is 0 Å². The van der Waals surface area contributed by atoms with Gasteiger partial charge in [0, 0.05) is 30.7 Å². The van der Waals surface area contributed by atoms with Crippen LogP contribution >= 0.6 is 0 Å². The molecule has 14 heavy (non-hydrogen) atoms. The third-order valence-corrected chi connectivity index (χ3v) is 3.43. The minimum absolute atomic E-state index is 0.287. The van der Waals surface area contributed by atoms with Crippen LogP contribution in [0.25, 0.3) is 0 Å². The van der Waals surface area contributed by atoms with Gasteiger partial charge >= 0.3 is 0 Å². The van der Waals surface area contributed by atoms with Crippen LogP contribution in [0.3, 0.4) is 0 Å². The van der Waals surface area contributed by atoms with Gasteiger partial charge < -0.3 is 5.32 Å². The summed E-state index contributed by atoms with van der Waals surface area (Å²) in [4.78, 5) is 2.68. The van der Waals surface area contributed by atoms with Gasteiger partial charge in [0.15, 0.2) is 0 Å². The molecule has 0 bridgehead atoms. The zero-order chi connectivity index (χ0) is 10.8. The van der Waals surface area contributed by atoms with E-state index in [0.29, 0.717) is 6.04 Å². The highest BCUT2D eigenvalue weighted by Crippen LogP contribution is 2.20. The predicted molar refractivity (Wildman–Crippen MR) is 62.6 cm³/mol. The zero-order valence-electron chi connectivity index (χ0n) is 10.4. The summed E-state index contributed by atoms with van der Waals surface area (Å²) in [5, 5.41) is 3.60. The summed E-state index contributed by atoms with van der Waals surface area (Å²) in [6, 6.07) is 1.46. The van der Waals surface area contributed by atoms with Crippen molar-refractivity contribution in [3.05, 3.63) is 0 Å². The standard InChI is InChI=1S/C12H26N2/c1-6-11(7-2)14-9-12(4,5)13-8-10(14)3/h10-11,13H,6-9H2,1-5H3. The highest BCUT2D eigenvalue weighted by atomic mass is 15.3. The van der Waals surface area contributed by atoms with E-state index >= 15 is 0 Å². The molecular formula is C12H26N2. The summed E-state index contributed by atoms with van der Waals surface area (Å²) in [5.41, 5.74) is 0.287. The van der Waals surface area contributed by atoms with Crippen molar-refractivity contribution >= 4 is 0 Å². The van der Waals surface area contributed by atoms with E-state index < -0.39 is 0 Å². The van der Waals surface area contributed by atoms with E-state index in [0.717, 1.165) is 12.6 Å². The maximum absolute atomic E-state index is 3.60. The largest absolute Gasteiger partial charge is 0.309 e. The van der Waals surface area contributed by atoms with Gasteiger partial charge in [-0.15, -0.1) is 0 Å². The molecule has 84 valence electrons. The van der Waals surface area contributed by atoms with E-state index in [1.165, 1.54) is 19.4 Å². The van der Waals surface area contributed by atoms with Crippen LogP contribution in [-0.2, 0) is 0 Å². The molecule has 0 radical (unpaired) electrons. The Kier molecular flexibility index (Phi) is 3.96. The van der Waals surface area contributed by atoms with Crippen LogP contribution in [0.4, 0.5) is 0 Å². The first-order valence-electron chi connectivity index (χ1n) is 6.01. The summed E-state index contributed by atoms with van der Waals surface area (Å²) in [7, 11) is 0. The van der Waals surface area contributed by atoms with E-state index in [2.05, 4.69) is 44.8 Å². The van der Waals surface area contributed by atoms with Crippen LogP contribution in [0.5, 0.6) is 0 Å². The van der Waals surface area contributed by atoms with Gasteiger partial charge in [0.1, 0.15) is 0 Å². The first-order chi connectivity index (χ1) is 6.50. The Hall–Kier alpha value is -0.0800. The van der Waals surface area contributed by atoms with Crippen molar-refractivity contribution in [2.45, 2.75) is 65.1 Å². The molecule has 0 aliphatic carbocycles. The summed E-state index contributed by atoms with van der Waals surface area (Å²) in [5.74, 6) is 0. The smallest absolute Gasteiger partial charge is 0.0253 e. The molecule has 1 aliphatic rings. The van der Waals surface area contributed by atoms with Gasteiger partial charge in [-0.3, -0.25) is 4.90 Å². The monoisotopic (exact) mass is 198 g/mol. The van der Waals surface area contributed by atoms with Crippen LogP contribution in [0, 0.1) is 0 Å². The van der Waals surface area contributed by atoms with E-state index in [1.54, 1.807) is 0 Å². The van der Waals surface area contributed by atoms with Gasteiger partial charge in [-0.05, 0) is 33.6 Å². The molecule has 1 N–H and O–H groups in total. The molecule has 0 spiro atoms. The zero-order valence-corrected chi connectivity index (χ0v) is 10.4. The van der Waals surface area contributed by atoms with Crippen molar-refractivity contribution in [3.8, 4) is 0 Å². The second kappa shape index (κ2) is 4.63. The van der Waals surface area contributed by atoms with Crippen molar-refractivity contribution in [1.82, 2.24) is 10.2 Å². The summed E-state index contributed by atoms with van der Waals surface area (Å²) in [6.07, 6.45) is 2.55. The van der Waals surface area contributed by atoms with Crippen LogP contribution < -0.4 is 5.32 Å². The summed E-state index contributed by atoms with van der Waals surface area (Å²) >= 11 is 0. The maximum atomic E-state index is 3.60. The lowest BCUT2D eigenvalue weighted by molar-refractivity contribution is 0.0586. The number of nitrogens with one attached hydrogen (secondary N) is 1. The molecule has 1 rings (SSSR count). The lowest BCUT2D eigenvalue weighted by Crippen LogP contribution is -2.62. The van der Waals surface area contributed by atoms with Gasteiger partial charge in [0.25, 0.3) is 0 Å². The van der Waals surface area contributed by atoms with Gasteiger partial charge in [-0.2, -0.15) is 0 Å². The van der Waals surface area contributed by atoms with Crippen LogP contribution in [0.1, 0.15) is 47.5 Å². The first-order valence-corrected chi connectivity index (χ1v) is 6.01. The quantitative estimate of drug-likeness (QED) is 0.748. The summed E-state index contributed by atoms with van der Waals surface area (Å²) < 4.78 is 0. The summed E-state index contributed by atoms with van der Waals surface area (Å²) in [6.45, 7) is 13.8. The minimum atomic E-state index is 0.287. The molecule has 1 saturated heterocycles. The minimum Gasteiger partial charge on any atom is -0.309 e. The SMILES string of the molecule is CCC(CC)N1CC(C)(C)NCC1C. The van der Waals surface area contributed by atoms with E-state index in [9.17, 15) is 0 Å². The van der Waals surface area contributed by atoms with Crippen LogP contribution in [0.15, 0.2) is 0 Å². The molecule has 1 heterocycles. The molecule has 2 heteroatoms. The van der Waals surface area contributed by atoms with Gasteiger partial charge in [-0.25, -0.2) is 0 Å². The Balaban J connectivity index is 2.64. The maximum Gasteiger partial charge on any atom is 0.0253 e. The van der Waals surface area contributed by atoms with Crippen molar-refractivity contribution in [1.29, 1.82) is 0 Å². The number of piperazine rings is 1. The van der Waals surface area contributed by atoms with Crippen LogP contribution in [0.2, 0.25) is 0 Å². The Morgan fingerprint density at radius 2 is 1.93 bits per heavy atom. The molecule has 0 amide bonds. The molecule has 2 nitrogen and oxygen atoms in total. The third-order valence-electron chi connectivity index (χ3n) is 3.43. The highest BCUT2D eigenvalue weighted by Gasteiger charge is 2.32.